The van der Waals surface area contributed by atoms with Gasteiger partial charge in [0.1, 0.15) is 0 Å². The van der Waals surface area contributed by atoms with Crippen LogP contribution >= 0.6 is 0 Å². The Hall–Kier alpha value is -0.0400. The molecule has 0 spiro atoms. The maximum Gasteiger partial charge on any atom is 0.0482 e. The summed E-state index contributed by atoms with van der Waals surface area (Å²) in [5.41, 5.74) is 0.116. The molecule has 0 aromatic heterocycles. The molecule has 0 rings (SSSR count). The predicted molar refractivity (Wildman–Crippen MR) is 95.6 cm³/mol. The quantitative estimate of drug-likeness (QED) is 0.414. The fourth-order valence-electron chi connectivity index (χ4n) is 2.99. The molecule has 0 aliphatic carbocycles. The van der Waals surface area contributed by atoms with Crippen LogP contribution in [0.15, 0.2) is 0 Å². The lowest BCUT2D eigenvalue weighted by molar-refractivity contribution is 0.145. The Morgan fingerprint density at radius 1 is 0.714 bits per heavy atom. The first-order chi connectivity index (χ1) is 9.76. The Morgan fingerprint density at radius 2 is 1.14 bits per heavy atom. The van der Waals surface area contributed by atoms with Crippen molar-refractivity contribution in [2.45, 2.75) is 99.3 Å². The summed E-state index contributed by atoms with van der Waals surface area (Å²) in [7, 11) is 0. The van der Waals surface area contributed by atoms with Gasteiger partial charge < -0.3 is 5.11 Å². The van der Waals surface area contributed by atoms with Crippen LogP contribution in [0.4, 0.5) is 0 Å². The SMILES string of the molecule is CC(C)CCCC(C)CCCC(C)CCCC(C)(C)CO. The van der Waals surface area contributed by atoms with Crippen molar-refractivity contribution in [2.75, 3.05) is 6.61 Å². The minimum atomic E-state index is 0.116. The Morgan fingerprint density at radius 3 is 1.57 bits per heavy atom. The van der Waals surface area contributed by atoms with E-state index in [2.05, 4.69) is 41.5 Å². The van der Waals surface area contributed by atoms with Crippen molar-refractivity contribution in [2.24, 2.45) is 23.2 Å². The molecule has 2 unspecified atom stereocenters. The molecular formula is C20H42O. The van der Waals surface area contributed by atoms with Gasteiger partial charge in [-0.3, -0.25) is 0 Å². The maximum absolute atomic E-state index is 9.27. The molecule has 0 aliphatic rings. The van der Waals surface area contributed by atoms with Gasteiger partial charge in [0, 0.05) is 6.61 Å². The van der Waals surface area contributed by atoms with Crippen molar-refractivity contribution in [3.8, 4) is 0 Å². The Bertz CT molecular complexity index is 232. The second-order valence-corrected chi connectivity index (χ2v) is 8.68. The highest BCUT2D eigenvalue weighted by atomic mass is 16.3. The normalized spacial score (nSPS) is 15.4. The van der Waals surface area contributed by atoms with E-state index < -0.39 is 0 Å². The first-order valence-corrected chi connectivity index (χ1v) is 9.37. The van der Waals surface area contributed by atoms with E-state index in [-0.39, 0.29) is 5.41 Å². The van der Waals surface area contributed by atoms with Crippen molar-refractivity contribution in [3.05, 3.63) is 0 Å². The number of rotatable bonds is 13. The van der Waals surface area contributed by atoms with Crippen LogP contribution in [0.5, 0.6) is 0 Å². The first kappa shape index (κ1) is 21.0. The second-order valence-electron chi connectivity index (χ2n) is 8.68. The number of aliphatic hydroxyl groups excluding tert-OH is 1. The lowest BCUT2D eigenvalue weighted by atomic mass is 9.85. The van der Waals surface area contributed by atoms with Gasteiger partial charge in [-0.2, -0.15) is 0 Å². The van der Waals surface area contributed by atoms with Gasteiger partial charge in [-0.1, -0.05) is 92.9 Å². The molecule has 0 saturated carbocycles. The van der Waals surface area contributed by atoms with Crippen molar-refractivity contribution in [1.82, 2.24) is 0 Å². The van der Waals surface area contributed by atoms with Crippen LogP contribution in [0, 0.1) is 23.2 Å². The molecule has 21 heavy (non-hydrogen) atoms. The van der Waals surface area contributed by atoms with Gasteiger partial charge in [0.25, 0.3) is 0 Å². The molecule has 0 bridgehead atoms. The summed E-state index contributed by atoms with van der Waals surface area (Å²) >= 11 is 0. The molecule has 1 heteroatoms. The fourth-order valence-corrected chi connectivity index (χ4v) is 2.99. The zero-order valence-corrected chi connectivity index (χ0v) is 15.8. The van der Waals surface area contributed by atoms with E-state index >= 15 is 0 Å². The summed E-state index contributed by atoms with van der Waals surface area (Å²) < 4.78 is 0. The summed E-state index contributed by atoms with van der Waals surface area (Å²) in [6.45, 7) is 14.1. The lowest BCUT2D eigenvalue weighted by Gasteiger charge is -2.22. The smallest absolute Gasteiger partial charge is 0.0482 e. The number of hydrogen-bond donors (Lipinski definition) is 1. The van der Waals surface area contributed by atoms with Gasteiger partial charge in [-0.05, 0) is 29.6 Å². The zero-order chi connectivity index (χ0) is 16.3. The fraction of sp³-hybridized carbons (Fsp3) is 1.00. The summed E-state index contributed by atoms with van der Waals surface area (Å²) in [4.78, 5) is 0. The van der Waals surface area contributed by atoms with E-state index in [9.17, 15) is 5.11 Å². The third kappa shape index (κ3) is 13.4. The van der Waals surface area contributed by atoms with Crippen LogP contribution in [-0.4, -0.2) is 11.7 Å². The van der Waals surface area contributed by atoms with E-state index in [1.54, 1.807) is 0 Å². The largest absolute Gasteiger partial charge is 0.396 e. The summed E-state index contributed by atoms with van der Waals surface area (Å²) in [6.07, 6.45) is 12.1. The van der Waals surface area contributed by atoms with Crippen LogP contribution in [-0.2, 0) is 0 Å². The van der Waals surface area contributed by atoms with Crippen LogP contribution in [0.25, 0.3) is 0 Å². The van der Waals surface area contributed by atoms with Crippen molar-refractivity contribution < 1.29 is 5.11 Å². The standard InChI is InChI=1S/C20H42O/c1-17(2)10-7-11-18(3)12-8-13-19(4)14-9-15-20(5,6)16-21/h17-19,21H,7-16H2,1-6H3. The van der Waals surface area contributed by atoms with Gasteiger partial charge in [0.15, 0.2) is 0 Å². The van der Waals surface area contributed by atoms with Gasteiger partial charge >= 0.3 is 0 Å². The monoisotopic (exact) mass is 298 g/mol. The maximum atomic E-state index is 9.27. The molecule has 128 valence electrons. The predicted octanol–water partition coefficient (Wildman–Crippen LogP) is 6.44. The average Bonchev–Trinajstić information content (AvgIpc) is 2.38. The molecule has 0 aromatic rings. The minimum absolute atomic E-state index is 0.116. The average molecular weight is 299 g/mol. The highest BCUT2D eigenvalue weighted by Gasteiger charge is 2.16. The van der Waals surface area contributed by atoms with Crippen LogP contribution in [0.1, 0.15) is 99.3 Å². The third-order valence-electron chi connectivity index (χ3n) is 4.85. The molecule has 0 aliphatic heterocycles. The van der Waals surface area contributed by atoms with Gasteiger partial charge in [-0.25, -0.2) is 0 Å². The summed E-state index contributed by atoms with van der Waals surface area (Å²) in [5, 5.41) is 9.27. The second kappa shape index (κ2) is 11.5. The topological polar surface area (TPSA) is 20.2 Å². The molecule has 0 aromatic carbocycles. The van der Waals surface area contributed by atoms with E-state index in [1.165, 1.54) is 51.4 Å². The molecule has 0 fully saturated rings. The first-order valence-electron chi connectivity index (χ1n) is 9.37. The number of hydrogen-bond acceptors (Lipinski definition) is 1. The molecule has 0 saturated heterocycles. The number of aliphatic hydroxyl groups is 1. The van der Waals surface area contributed by atoms with Gasteiger partial charge in [-0.15, -0.1) is 0 Å². The minimum Gasteiger partial charge on any atom is -0.396 e. The molecule has 0 amide bonds. The molecule has 1 N–H and O–H groups in total. The highest BCUT2D eigenvalue weighted by molar-refractivity contribution is 4.68. The lowest BCUT2D eigenvalue weighted by Crippen LogP contribution is -2.16. The van der Waals surface area contributed by atoms with Crippen molar-refractivity contribution in [3.63, 3.8) is 0 Å². The van der Waals surface area contributed by atoms with Gasteiger partial charge in [0.05, 0.1) is 0 Å². The van der Waals surface area contributed by atoms with E-state index in [0.717, 1.165) is 24.2 Å². The molecular weight excluding hydrogens is 256 g/mol. The van der Waals surface area contributed by atoms with Crippen LogP contribution in [0.3, 0.4) is 0 Å². The van der Waals surface area contributed by atoms with Crippen LogP contribution < -0.4 is 0 Å². The zero-order valence-electron chi connectivity index (χ0n) is 15.8. The third-order valence-corrected chi connectivity index (χ3v) is 4.85. The van der Waals surface area contributed by atoms with Crippen molar-refractivity contribution in [1.29, 1.82) is 0 Å². The molecule has 2 atom stereocenters. The molecule has 0 radical (unpaired) electrons. The Kier molecular flexibility index (Phi) is 11.5. The molecule has 1 nitrogen and oxygen atoms in total. The Labute approximate surface area is 134 Å². The van der Waals surface area contributed by atoms with Crippen molar-refractivity contribution >= 4 is 0 Å². The Balaban J connectivity index is 3.54. The van der Waals surface area contributed by atoms with Crippen LogP contribution in [0.2, 0.25) is 0 Å². The van der Waals surface area contributed by atoms with E-state index in [4.69, 9.17) is 0 Å². The molecule has 0 heterocycles. The van der Waals surface area contributed by atoms with E-state index in [0.29, 0.717) is 6.61 Å². The van der Waals surface area contributed by atoms with Gasteiger partial charge in [0.2, 0.25) is 0 Å². The summed E-state index contributed by atoms with van der Waals surface area (Å²) in [5.74, 6) is 2.62. The summed E-state index contributed by atoms with van der Waals surface area (Å²) in [6, 6.07) is 0. The highest BCUT2D eigenvalue weighted by Crippen LogP contribution is 2.26. The van der Waals surface area contributed by atoms with E-state index in [1.807, 2.05) is 0 Å².